The summed E-state index contributed by atoms with van der Waals surface area (Å²) in [7, 11) is -2.56. The van der Waals surface area contributed by atoms with Crippen LogP contribution in [0.15, 0.2) is 23.1 Å². The van der Waals surface area contributed by atoms with Crippen molar-refractivity contribution < 1.29 is 17.9 Å². The Kier molecular flexibility index (Phi) is 4.30. The maximum Gasteiger partial charge on any atom is 0.242 e. The molecule has 0 spiro atoms. The van der Waals surface area contributed by atoms with Crippen LogP contribution in [0.25, 0.3) is 0 Å². The van der Waals surface area contributed by atoms with E-state index in [1.165, 1.54) is 20.9 Å². The number of likely N-dealkylation sites (N-methyl/N-ethyl adjacent to an activating group) is 1. The molecule has 0 fully saturated rings. The molecule has 0 heterocycles. The molecule has 1 aromatic carbocycles. The van der Waals surface area contributed by atoms with Gasteiger partial charge >= 0.3 is 0 Å². The highest BCUT2D eigenvalue weighted by molar-refractivity contribution is 7.89. The summed E-state index contributed by atoms with van der Waals surface area (Å²) in [5, 5.41) is 18.3. The van der Waals surface area contributed by atoms with Crippen LogP contribution in [0.1, 0.15) is 19.4 Å². The molecule has 1 N–H and O–H groups in total. The Morgan fingerprint density at radius 1 is 1.47 bits per heavy atom. The standard InChI is InChI=1S/C12H15FN2O3S/c1-12(2,16)8-15(3)19(17,18)10-4-5-11(13)9(6-10)7-14/h4-6,16H,8H2,1-3H3. The normalized spacial score (nSPS) is 12.5. The van der Waals surface area contributed by atoms with Crippen LogP contribution >= 0.6 is 0 Å². The molecular weight excluding hydrogens is 271 g/mol. The summed E-state index contributed by atoms with van der Waals surface area (Å²) in [6.45, 7) is 2.84. The topological polar surface area (TPSA) is 81.4 Å². The Bertz CT molecular complexity index is 615. The van der Waals surface area contributed by atoms with E-state index in [1.54, 1.807) is 6.07 Å². The highest BCUT2D eigenvalue weighted by atomic mass is 32.2. The molecular formula is C12H15FN2O3S. The quantitative estimate of drug-likeness (QED) is 0.898. The SMILES string of the molecule is CN(CC(C)(C)O)S(=O)(=O)c1ccc(F)c(C#N)c1. The molecule has 0 bridgehead atoms. The van der Waals surface area contributed by atoms with E-state index >= 15 is 0 Å². The lowest BCUT2D eigenvalue weighted by Gasteiger charge is -2.25. The average Bonchev–Trinajstić information content (AvgIpc) is 2.27. The Morgan fingerprint density at radius 2 is 2.05 bits per heavy atom. The Hall–Kier alpha value is -1.49. The zero-order valence-electron chi connectivity index (χ0n) is 10.9. The van der Waals surface area contributed by atoms with Gasteiger partial charge in [0.15, 0.2) is 0 Å². The van der Waals surface area contributed by atoms with E-state index in [4.69, 9.17) is 5.26 Å². The largest absolute Gasteiger partial charge is 0.389 e. The lowest BCUT2D eigenvalue weighted by molar-refractivity contribution is 0.0640. The Balaban J connectivity index is 3.18. The molecule has 1 aromatic rings. The molecule has 0 aliphatic rings. The Labute approximate surface area is 111 Å². The number of rotatable bonds is 4. The van der Waals surface area contributed by atoms with E-state index < -0.39 is 21.4 Å². The van der Waals surface area contributed by atoms with Gasteiger partial charge in [0.05, 0.1) is 16.1 Å². The lowest BCUT2D eigenvalue weighted by atomic mass is 10.1. The monoisotopic (exact) mass is 286 g/mol. The van der Waals surface area contributed by atoms with Gasteiger partial charge in [0.25, 0.3) is 0 Å². The van der Waals surface area contributed by atoms with E-state index in [-0.39, 0.29) is 17.0 Å². The number of sulfonamides is 1. The van der Waals surface area contributed by atoms with Crippen LogP contribution in [0.2, 0.25) is 0 Å². The molecule has 0 aliphatic heterocycles. The summed E-state index contributed by atoms with van der Waals surface area (Å²) in [6, 6.07) is 4.59. The van der Waals surface area contributed by atoms with Gasteiger partial charge in [-0.3, -0.25) is 0 Å². The third-order valence-electron chi connectivity index (χ3n) is 2.38. The number of halogens is 1. The van der Waals surface area contributed by atoms with Gasteiger partial charge in [-0.25, -0.2) is 12.8 Å². The maximum absolute atomic E-state index is 13.2. The van der Waals surface area contributed by atoms with Crippen molar-refractivity contribution in [1.82, 2.24) is 4.31 Å². The molecule has 0 aromatic heterocycles. The zero-order valence-corrected chi connectivity index (χ0v) is 11.7. The number of nitriles is 1. The van der Waals surface area contributed by atoms with Crippen molar-refractivity contribution in [3.8, 4) is 6.07 Å². The molecule has 1 rings (SSSR count). The minimum Gasteiger partial charge on any atom is -0.389 e. The first-order chi connectivity index (χ1) is 8.58. The van der Waals surface area contributed by atoms with E-state index in [2.05, 4.69) is 0 Å². The number of hydrogen-bond acceptors (Lipinski definition) is 4. The van der Waals surface area contributed by atoms with Gasteiger partial charge in [0.2, 0.25) is 10.0 Å². The highest BCUT2D eigenvalue weighted by Crippen LogP contribution is 2.19. The first kappa shape index (κ1) is 15.6. The second-order valence-corrected chi connectivity index (χ2v) is 6.87. The highest BCUT2D eigenvalue weighted by Gasteiger charge is 2.26. The van der Waals surface area contributed by atoms with Crippen molar-refractivity contribution in [3.05, 3.63) is 29.6 Å². The second kappa shape index (κ2) is 5.25. The Morgan fingerprint density at radius 3 is 2.53 bits per heavy atom. The zero-order chi connectivity index (χ0) is 14.8. The molecule has 7 heteroatoms. The molecule has 0 aliphatic carbocycles. The van der Waals surface area contributed by atoms with Crippen molar-refractivity contribution in [2.75, 3.05) is 13.6 Å². The maximum atomic E-state index is 13.2. The number of aliphatic hydroxyl groups is 1. The molecule has 5 nitrogen and oxygen atoms in total. The van der Waals surface area contributed by atoms with Crippen LogP contribution in [0.5, 0.6) is 0 Å². The number of nitrogens with zero attached hydrogens (tertiary/aromatic N) is 2. The summed E-state index contributed by atoms with van der Waals surface area (Å²) in [6.07, 6.45) is 0. The third-order valence-corrected chi connectivity index (χ3v) is 4.18. The van der Waals surface area contributed by atoms with Crippen molar-refractivity contribution in [1.29, 1.82) is 5.26 Å². The fourth-order valence-corrected chi connectivity index (χ4v) is 2.91. The van der Waals surface area contributed by atoms with Crippen LogP contribution in [0, 0.1) is 17.1 Å². The average molecular weight is 286 g/mol. The van der Waals surface area contributed by atoms with Crippen LogP contribution in [0.4, 0.5) is 4.39 Å². The molecule has 0 amide bonds. The molecule has 104 valence electrons. The lowest BCUT2D eigenvalue weighted by Crippen LogP contribution is -2.39. The molecule has 19 heavy (non-hydrogen) atoms. The predicted octanol–water partition coefficient (Wildman–Crippen LogP) is 1.09. The van der Waals surface area contributed by atoms with Crippen molar-refractivity contribution in [2.24, 2.45) is 0 Å². The van der Waals surface area contributed by atoms with Gasteiger partial charge in [0.1, 0.15) is 11.9 Å². The van der Waals surface area contributed by atoms with Gasteiger partial charge in [-0.05, 0) is 32.0 Å². The van der Waals surface area contributed by atoms with E-state index in [9.17, 15) is 17.9 Å². The van der Waals surface area contributed by atoms with Crippen molar-refractivity contribution in [3.63, 3.8) is 0 Å². The van der Waals surface area contributed by atoms with Gasteiger partial charge in [0, 0.05) is 13.6 Å². The second-order valence-electron chi connectivity index (χ2n) is 4.83. The summed E-state index contributed by atoms with van der Waals surface area (Å²) < 4.78 is 38.5. The molecule has 0 saturated carbocycles. The first-order valence-electron chi connectivity index (χ1n) is 5.46. The van der Waals surface area contributed by atoms with E-state index in [0.29, 0.717) is 0 Å². The van der Waals surface area contributed by atoms with E-state index in [1.807, 2.05) is 0 Å². The van der Waals surface area contributed by atoms with Gasteiger partial charge < -0.3 is 5.11 Å². The van der Waals surface area contributed by atoms with Crippen LogP contribution in [-0.4, -0.2) is 37.0 Å². The molecule has 0 unspecified atom stereocenters. The summed E-state index contributed by atoms with van der Waals surface area (Å²) in [5.41, 5.74) is -1.53. The molecule has 0 atom stereocenters. The fourth-order valence-electron chi connectivity index (χ4n) is 1.56. The summed E-state index contributed by atoms with van der Waals surface area (Å²) in [4.78, 5) is -0.183. The van der Waals surface area contributed by atoms with Crippen LogP contribution in [-0.2, 0) is 10.0 Å². The smallest absolute Gasteiger partial charge is 0.242 e. The van der Waals surface area contributed by atoms with Crippen LogP contribution in [0.3, 0.4) is 0 Å². The van der Waals surface area contributed by atoms with E-state index in [0.717, 1.165) is 22.5 Å². The minimum atomic E-state index is -3.87. The predicted molar refractivity (Wildman–Crippen MR) is 67.2 cm³/mol. The fraction of sp³-hybridized carbons (Fsp3) is 0.417. The van der Waals surface area contributed by atoms with Gasteiger partial charge in [-0.2, -0.15) is 9.57 Å². The van der Waals surface area contributed by atoms with Gasteiger partial charge in [-0.1, -0.05) is 0 Å². The van der Waals surface area contributed by atoms with Crippen LogP contribution < -0.4 is 0 Å². The summed E-state index contributed by atoms with van der Waals surface area (Å²) >= 11 is 0. The first-order valence-corrected chi connectivity index (χ1v) is 6.90. The van der Waals surface area contributed by atoms with Crippen molar-refractivity contribution >= 4 is 10.0 Å². The molecule has 0 saturated heterocycles. The van der Waals surface area contributed by atoms with Gasteiger partial charge in [-0.15, -0.1) is 0 Å². The molecule has 0 radical (unpaired) electrons. The van der Waals surface area contributed by atoms with Crippen molar-refractivity contribution in [2.45, 2.75) is 24.3 Å². The number of benzene rings is 1. The minimum absolute atomic E-state index is 0.116. The summed E-state index contributed by atoms with van der Waals surface area (Å²) in [5.74, 6) is -0.772. The number of hydrogen-bond donors (Lipinski definition) is 1. The third kappa shape index (κ3) is 3.73.